The van der Waals surface area contributed by atoms with Crippen LogP contribution >= 0.6 is 0 Å². The summed E-state index contributed by atoms with van der Waals surface area (Å²) in [5, 5.41) is 11.5. The number of halogens is 1. The first kappa shape index (κ1) is 24.6. The molecule has 2 amide bonds. The van der Waals surface area contributed by atoms with Gasteiger partial charge in [0, 0.05) is 42.8 Å². The van der Waals surface area contributed by atoms with Gasteiger partial charge in [0.2, 0.25) is 5.75 Å². The maximum absolute atomic E-state index is 15.2. The van der Waals surface area contributed by atoms with Crippen LogP contribution in [0.2, 0.25) is 0 Å². The number of nitrogens with one attached hydrogen (secondary N) is 2. The summed E-state index contributed by atoms with van der Waals surface area (Å²) < 4.78 is 27.3. The minimum absolute atomic E-state index is 0.0423. The molecule has 1 fully saturated rings. The van der Waals surface area contributed by atoms with Crippen molar-refractivity contribution in [1.29, 1.82) is 0 Å². The third-order valence-electron chi connectivity index (χ3n) is 7.05. The topological polar surface area (TPSA) is 121 Å². The molecule has 1 aliphatic heterocycles. The summed E-state index contributed by atoms with van der Waals surface area (Å²) in [7, 11) is 1.48. The fourth-order valence-corrected chi connectivity index (χ4v) is 5.22. The highest BCUT2D eigenvalue weighted by molar-refractivity contribution is 6.07. The van der Waals surface area contributed by atoms with Crippen molar-refractivity contribution < 1.29 is 28.6 Å². The molecular formula is C25H30FN3O6. The molecule has 4 rings (SSSR count). The number of H-pyrrole nitrogens is 1. The highest BCUT2D eigenvalue weighted by Gasteiger charge is 2.48. The molecular weight excluding hydrogens is 457 g/mol. The molecule has 0 spiro atoms. The Bertz CT molecular complexity index is 1250. The first-order valence-electron chi connectivity index (χ1n) is 11.6. The number of fused-ring (bicyclic) bond motifs is 1. The predicted octanol–water partition coefficient (Wildman–Crippen LogP) is 4.03. The summed E-state index contributed by atoms with van der Waals surface area (Å²) in [6.45, 7) is 6.89. The fraction of sp³-hybridized carbons (Fsp3) is 0.480. The van der Waals surface area contributed by atoms with Crippen molar-refractivity contribution in [3.05, 3.63) is 50.7 Å². The van der Waals surface area contributed by atoms with E-state index in [9.17, 15) is 14.4 Å². The number of hydrogen-bond acceptors (Lipinski definition) is 5. The number of anilines is 1. The molecule has 10 heteroatoms. The van der Waals surface area contributed by atoms with E-state index in [1.165, 1.54) is 11.9 Å². The second-order valence-corrected chi connectivity index (χ2v) is 9.58. The van der Waals surface area contributed by atoms with Crippen LogP contribution in [0.1, 0.15) is 59.8 Å². The monoisotopic (exact) mass is 487 g/mol. The molecule has 2 aliphatic rings. The molecule has 1 aromatic heterocycles. The van der Waals surface area contributed by atoms with E-state index < -0.39 is 29.2 Å². The minimum atomic E-state index is -1.14. The number of aromatic amines is 1. The number of aromatic nitrogens is 1. The summed E-state index contributed by atoms with van der Waals surface area (Å²) in [4.78, 5) is 40.7. The minimum Gasteiger partial charge on any atom is -0.465 e. The molecule has 0 bridgehead atoms. The van der Waals surface area contributed by atoms with E-state index in [4.69, 9.17) is 14.6 Å². The van der Waals surface area contributed by atoms with Gasteiger partial charge in [-0.2, -0.15) is 0 Å². The van der Waals surface area contributed by atoms with Gasteiger partial charge in [0.25, 0.3) is 17.3 Å². The molecule has 1 aromatic carbocycles. The largest absolute Gasteiger partial charge is 0.465 e. The standard InChI is InChI=1S/C25H30FN3O6/c1-12-10-13(2)27-22(30)19(12)29(5)23(31)17-11-18(26)21-20(14(17)3)34-25(4,35-21)15-6-8-16(9-7-15)28-24(32)33/h10-11,15-16,28H,6-9H2,1-5H3,(H,27,30)(H,32,33)/t15-,16-,25?. The third-order valence-corrected chi connectivity index (χ3v) is 7.05. The van der Waals surface area contributed by atoms with E-state index in [0.29, 0.717) is 42.5 Å². The van der Waals surface area contributed by atoms with E-state index in [2.05, 4.69) is 10.3 Å². The Labute approximate surface area is 202 Å². The number of carboxylic acid groups (broad SMARTS) is 1. The molecule has 1 saturated carbocycles. The molecule has 9 nitrogen and oxygen atoms in total. The number of pyridine rings is 1. The van der Waals surface area contributed by atoms with Gasteiger partial charge in [0.15, 0.2) is 11.6 Å². The Hall–Kier alpha value is -3.56. The molecule has 0 radical (unpaired) electrons. The Balaban J connectivity index is 1.59. The van der Waals surface area contributed by atoms with E-state index in [1.54, 1.807) is 33.8 Å². The third kappa shape index (κ3) is 4.44. The number of carbonyl (C=O) groups excluding carboxylic acids is 1. The highest BCUT2D eigenvalue weighted by Crippen LogP contribution is 2.49. The van der Waals surface area contributed by atoms with Gasteiger partial charge >= 0.3 is 6.09 Å². The van der Waals surface area contributed by atoms with Crippen molar-refractivity contribution in [1.82, 2.24) is 10.3 Å². The van der Waals surface area contributed by atoms with Crippen molar-refractivity contribution in [2.45, 2.75) is 65.2 Å². The number of carbonyl (C=O) groups is 2. The second-order valence-electron chi connectivity index (χ2n) is 9.58. The van der Waals surface area contributed by atoms with Gasteiger partial charge in [0.05, 0.1) is 0 Å². The number of nitrogens with zero attached hydrogens (tertiary/aromatic N) is 1. The number of aryl methyl sites for hydroxylation is 2. The van der Waals surface area contributed by atoms with Gasteiger partial charge in [-0.3, -0.25) is 9.59 Å². The lowest BCUT2D eigenvalue weighted by atomic mass is 9.81. The van der Waals surface area contributed by atoms with Crippen LogP contribution in [0.4, 0.5) is 14.9 Å². The molecule has 3 N–H and O–H groups in total. The Morgan fingerprint density at radius 2 is 1.77 bits per heavy atom. The van der Waals surface area contributed by atoms with Crippen LogP contribution in [0.25, 0.3) is 0 Å². The molecule has 35 heavy (non-hydrogen) atoms. The van der Waals surface area contributed by atoms with E-state index >= 15 is 4.39 Å². The first-order chi connectivity index (χ1) is 16.4. The van der Waals surface area contributed by atoms with Gasteiger partial charge in [-0.25, -0.2) is 9.18 Å². The predicted molar refractivity (Wildman–Crippen MR) is 127 cm³/mol. The van der Waals surface area contributed by atoms with Gasteiger partial charge in [-0.05, 0) is 64.2 Å². The Morgan fingerprint density at radius 1 is 1.14 bits per heavy atom. The summed E-state index contributed by atoms with van der Waals surface area (Å²) in [5.74, 6) is -2.36. The van der Waals surface area contributed by atoms with Crippen LogP contribution in [0.15, 0.2) is 16.9 Å². The van der Waals surface area contributed by atoms with Crippen LogP contribution in [-0.2, 0) is 0 Å². The maximum Gasteiger partial charge on any atom is 0.404 e. The van der Waals surface area contributed by atoms with E-state index in [1.807, 2.05) is 0 Å². The average Bonchev–Trinajstić information content (AvgIpc) is 3.15. The van der Waals surface area contributed by atoms with Gasteiger partial charge in [0.1, 0.15) is 5.69 Å². The average molecular weight is 488 g/mol. The van der Waals surface area contributed by atoms with E-state index in [-0.39, 0.29) is 34.7 Å². The van der Waals surface area contributed by atoms with Crippen molar-refractivity contribution >= 4 is 17.7 Å². The lowest BCUT2D eigenvalue weighted by Crippen LogP contribution is -2.47. The van der Waals surface area contributed by atoms with Crippen molar-refractivity contribution in [3.8, 4) is 11.5 Å². The first-order valence-corrected chi connectivity index (χ1v) is 11.6. The summed E-state index contributed by atoms with van der Waals surface area (Å²) in [6, 6.07) is 2.75. The summed E-state index contributed by atoms with van der Waals surface area (Å²) >= 11 is 0. The highest BCUT2D eigenvalue weighted by atomic mass is 19.1. The molecule has 188 valence electrons. The van der Waals surface area contributed by atoms with Gasteiger partial charge < -0.3 is 29.8 Å². The molecule has 2 aromatic rings. The molecule has 1 unspecified atom stereocenters. The van der Waals surface area contributed by atoms with Gasteiger partial charge in [-0.15, -0.1) is 0 Å². The number of ether oxygens (including phenoxy) is 2. The van der Waals surface area contributed by atoms with E-state index in [0.717, 1.165) is 6.07 Å². The number of benzene rings is 1. The summed E-state index contributed by atoms with van der Waals surface area (Å²) in [5.41, 5.74) is 1.58. The number of amides is 2. The van der Waals surface area contributed by atoms with Crippen LogP contribution in [0, 0.1) is 32.5 Å². The fourth-order valence-electron chi connectivity index (χ4n) is 5.22. The van der Waals surface area contributed by atoms with Gasteiger partial charge in [-0.1, -0.05) is 0 Å². The Morgan fingerprint density at radius 3 is 2.37 bits per heavy atom. The molecule has 1 atom stereocenters. The molecule has 0 saturated heterocycles. The zero-order chi connectivity index (χ0) is 25.7. The normalized spacial score (nSPS) is 23.1. The van der Waals surface area contributed by atoms with Crippen molar-refractivity contribution in [3.63, 3.8) is 0 Å². The maximum atomic E-state index is 15.2. The van der Waals surface area contributed by atoms with Crippen LogP contribution in [0.3, 0.4) is 0 Å². The number of rotatable bonds is 4. The van der Waals surface area contributed by atoms with Crippen LogP contribution in [-0.4, -0.2) is 41.0 Å². The quantitative estimate of drug-likeness (QED) is 0.599. The number of hydrogen-bond donors (Lipinski definition) is 3. The zero-order valence-electron chi connectivity index (χ0n) is 20.5. The van der Waals surface area contributed by atoms with Crippen molar-refractivity contribution in [2.75, 3.05) is 11.9 Å². The zero-order valence-corrected chi connectivity index (χ0v) is 20.5. The summed E-state index contributed by atoms with van der Waals surface area (Å²) in [6.07, 6.45) is 1.47. The molecule has 2 heterocycles. The van der Waals surface area contributed by atoms with Crippen LogP contribution < -0.4 is 25.2 Å². The van der Waals surface area contributed by atoms with Crippen LogP contribution in [0.5, 0.6) is 11.5 Å². The lowest BCUT2D eigenvalue weighted by molar-refractivity contribution is -0.122. The second kappa shape index (κ2) is 8.90. The lowest BCUT2D eigenvalue weighted by Gasteiger charge is -2.37. The smallest absolute Gasteiger partial charge is 0.404 e. The SMILES string of the molecule is Cc1cc(C)c(N(C)C(=O)c2cc(F)c3c(c2C)OC(C)([C@H]2CC[C@H](NC(=O)O)CC2)O3)c(=O)[nH]1. The van der Waals surface area contributed by atoms with Crippen molar-refractivity contribution in [2.24, 2.45) is 5.92 Å². The Kier molecular flexibility index (Phi) is 6.25. The molecule has 1 aliphatic carbocycles.